The summed E-state index contributed by atoms with van der Waals surface area (Å²) in [4.78, 5) is 24.8. The zero-order chi connectivity index (χ0) is 17.1. The summed E-state index contributed by atoms with van der Waals surface area (Å²) in [6.45, 7) is 5.03. The van der Waals surface area contributed by atoms with E-state index in [2.05, 4.69) is 0 Å². The van der Waals surface area contributed by atoms with E-state index in [1.165, 1.54) is 6.92 Å². The molecule has 0 aromatic heterocycles. The fourth-order valence-corrected chi connectivity index (χ4v) is 2.88. The van der Waals surface area contributed by atoms with Crippen molar-refractivity contribution in [2.45, 2.75) is 33.2 Å². The van der Waals surface area contributed by atoms with Gasteiger partial charge in [-0.05, 0) is 31.4 Å². The fraction of sp³-hybridized carbons (Fsp3) is 0.467. The van der Waals surface area contributed by atoms with Crippen molar-refractivity contribution in [2.24, 2.45) is 0 Å². The molecule has 0 radical (unpaired) electrons. The van der Waals surface area contributed by atoms with Crippen molar-refractivity contribution in [3.8, 4) is 0 Å². The number of carbonyl (C=O) groups is 2. The van der Waals surface area contributed by atoms with Gasteiger partial charge in [-0.3, -0.25) is 9.69 Å². The third-order valence-corrected chi connectivity index (χ3v) is 4.11. The van der Waals surface area contributed by atoms with Gasteiger partial charge in [-0.25, -0.2) is 13.2 Å². The van der Waals surface area contributed by atoms with E-state index in [-0.39, 0.29) is 0 Å². The van der Waals surface area contributed by atoms with Gasteiger partial charge in [0.1, 0.15) is 11.8 Å². The monoisotopic (exact) mass is 327 g/mol. The molecule has 1 rings (SSSR count). The van der Waals surface area contributed by atoms with Crippen LogP contribution in [-0.4, -0.2) is 43.5 Å². The number of rotatable bonds is 6. The normalized spacial score (nSPS) is 12.7. The number of benzene rings is 1. The van der Waals surface area contributed by atoms with Crippen LogP contribution in [0.4, 0.5) is 5.69 Å². The molecule has 0 heterocycles. The maximum Gasteiger partial charge on any atom is 0.326 e. The van der Waals surface area contributed by atoms with Gasteiger partial charge < -0.3 is 5.11 Å². The van der Waals surface area contributed by atoms with Gasteiger partial charge in [0.05, 0.1) is 5.69 Å². The van der Waals surface area contributed by atoms with E-state index in [1.54, 1.807) is 19.1 Å². The Morgan fingerprint density at radius 2 is 1.91 bits per heavy atom. The van der Waals surface area contributed by atoms with Gasteiger partial charge >= 0.3 is 5.97 Å². The van der Waals surface area contributed by atoms with E-state index in [4.69, 9.17) is 0 Å². The Kier molecular flexibility index (Phi) is 5.71. The Morgan fingerprint density at radius 3 is 2.36 bits per heavy atom. The van der Waals surface area contributed by atoms with Crippen LogP contribution in [0.5, 0.6) is 0 Å². The number of para-hydroxylation sites is 1. The smallest absolute Gasteiger partial charge is 0.326 e. The molecule has 0 fully saturated rings. The van der Waals surface area contributed by atoms with Crippen molar-refractivity contribution >= 4 is 27.4 Å². The van der Waals surface area contributed by atoms with Gasteiger partial charge in [0.2, 0.25) is 5.91 Å². The molecule has 7 heteroatoms. The Balaban J connectivity index is 3.46. The van der Waals surface area contributed by atoms with E-state index in [1.807, 2.05) is 13.0 Å². The second-order valence-corrected chi connectivity index (χ2v) is 7.42. The zero-order valence-corrected chi connectivity index (χ0v) is 14.0. The number of hydrogen-bond donors (Lipinski definition) is 1. The van der Waals surface area contributed by atoms with Crippen molar-refractivity contribution in [1.29, 1.82) is 0 Å². The van der Waals surface area contributed by atoms with E-state index in [0.29, 0.717) is 12.1 Å². The van der Waals surface area contributed by atoms with Gasteiger partial charge in [-0.1, -0.05) is 25.1 Å². The van der Waals surface area contributed by atoms with Gasteiger partial charge in [0.25, 0.3) is 0 Å². The number of carbonyl (C=O) groups excluding carboxylic acids is 1. The average molecular weight is 327 g/mol. The number of amides is 1. The Labute approximate surface area is 130 Å². The molecule has 1 amide bonds. The number of hydrogen-bond acceptors (Lipinski definition) is 4. The number of aryl methyl sites for hydroxylation is 2. The molecule has 0 aliphatic heterocycles. The number of carboxylic acids is 1. The molecular formula is C15H21NO5S. The standard InChI is InChI=1S/C15H21NO5S/c1-5-12-8-6-7-10(2)14(12)16(11(3)15(18)19)13(17)9-22(4,20)21/h6-8,11H,5,9H2,1-4H3,(H,18,19)/t11-/m0/s1. The van der Waals surface area contributed by atoms with Crippen LogP contribution in [0.2, 0.25) is 0 Å². The largest absolute Gasteiger partial charge is 0.480 e. The summed E-state index contributed by atoms with van der Waals surface area (Å²) < 4.78 is 22.8. The van der Waals surface area contributed by atoms with Crippen LogP contribution in [0.1, 0.15) is 25.0 Å². The zero-order valence-electron chi connectivity index (χ0n) is 13.2. The average Bonchev–Trinajstić information content (AvgIpc) is 2.38. The molecule has 6 nitrogen and oxygen atoms in total. The maximum atomic E-state index is 12.4. The molecule has 0 bridgehead atoms. The van der Waals surface area contributed by atoms with Crippen molar-refractivity contribution in [2.75, 3.05) is 16.9 Å². The topological polar surface area (TPSA) is 91.8 Å². The van der Waals surface area contributed by atoms with Crippen LogP contribution in [0.25, 0.3) is 0 Å². The van der Waals surface area contributed by atoms with Crippen molar-refractivity contribution in [3.05, 3.63) is 29.3 Å². The Hall–Kier alpha value is -1.89. The third-order valence-electron chi connectivity index (χ3n) is 3.34. The summed E-state index contributed by atoms with van der Waals surface area (Å²) in [6.07, 6.45) is 1.55. The highest BCUT2D eigenvalue weighted by atomic mass is 32.2. The number of anilines is 1. The van der Waals surface area contributed by atoms with Gasteiger partial charge in [0.15, 0.2) is 9.84 Å². The lowest BCUT2D eigenvalue weighted by atomic mass is 10.0. The second kappa shape index (κ2) is 6.91. The quantitative estimate of drug-likeness (QED) is 0.853. The number of sulfone groups is 1. The van der Waals surface area contributed by atoms with E-state index in [0.717, 1.165) is 22.3 Å². The molecule has 0 spiro atoms. The minimum Gasteiger partial charge on any atom is -0.480 e. The first kappa shape index (κ1) is 18.2. The first-order valence-electron chi connectivity index (χ1n) is 6.89. The fourth-order valence-electron chi connectivity index (χ4n) is 2.29. The first-order chi connectivity index (χ1) is 10.1. The summed E-state index contributed by atoms with van der Waals surface area (Å²) in [5.74, 6) is -2.64. The van der Waals surface area contributed by atoms with Crippen molar-refractivity contribution < 1.29 is 23.1 Å². The van der Waals surface area contributed by atoms with Crippen molar-refractivity contribution in [3.63, 3.8) is 0 Å². The molecule has 1 atom stereocenters. The van der Waals surface area contributed by atoms with Gasteiger partial charge in [-0.2, -0.15) is 0 Å². The molecule has 0 unspecified atom stereocenters. The Morgan fingerprint density at radius 1 is 1.32 bits per heavy atom. The highest BCUT2D eigenvalue weighted by Gasteiger charge is 2.31. The lowest BCUT2D eigenvalue weighted by Gasteiger charge is -2.30. The molecule has 22 heavy (non-hydrogen) atoms. The van der Waals surface area contributed by atoms with Crippen LogP contribution < -0.4 is 4.90 Å². The third kappa shape index (κ3) is 4.30. The van der Waals surface area contributed by atoms with Crippen LogP contribution >= 0.6 is 0 Å². The SMILES string of the molecule is CCc1cccc(C)c1N(C(=O)CS(C)(=O)=O)[C@@H](C)C(=O)O. The maximum absolute atomic E-state index is 12.4. The molecule has 122 valence electrons. The van der Waals surface area contributed by atoms with E-state index in [9.17, 15) is 23.1 Å². The molecular weight excluding hydrogens is 306 g/mol. The summed E-state index contributed by atoms with van der Waals surface area (Å²) in [6, 6.07) is 4.24. The highest BCUT2D eigenvalue weighted by Crippen LogP contribution is 2.28. The molecule has 1 aromatic rings. The highest BCUT2D eigenvalue weighted by molar-refractivity contribution is 7.91. The Bertz CT molecular complexity index is 681. The molecule has 1 N–H and O–H groups in total. The predicted octanol–water partition coefficient (Wildman–Crippen LogP) is 1.41. The van der Waals surface area contributed by atoms with Gasteiger partial charge in [0, 0.05) is 6.26 Å². The summed E-state index contributed by atoms with van der Waals surface area (Å²) in [5.41, 5.74) is 2.01. The number of carboxylic acid groups (broad SMARTS) is 1. The first-order valence-corrected chi connectivity index (χ1v) is 8.95. The number of nitrogens with zero attached hydrogens (tertiary/aromatic N) is 1. The minimum atomic E-state index is -3.55. The van der Waals surface area contributed by atoms with Crippen LogP contribution in [0.3, 0.4) is 0 Å². The second-order valence-electron chi connectivity index (χ2n) is 5.28. The lowest BCUT2D eigenvalue weighted by Crippen LogP contribution is -2.46. The summed E-state index contributed by atoms with van der Waals surface area (Å²) in [7, 11) is -3.55. The molecule has 0 saturated heterocycles. The van der Waals surface area contributed by atoms with Crippen LogP contribution in [0.15, 0.2) is 18.2 Å². The minimum absolute atomic E-state index is 0.480. The lowest BCUT2D eigenvalue weighted by molar-refractivity contribution is -0.139. The summed E-state index contributed by atoms with van der Waals surface area (Å²) >= 11 is 0. The predicted molar refractivity (Wildman–Crippen MR) is 84.9 cm³/mol. The van der Waals surface area contributed by atoms with E-state index < -0.39 is 33.5 Å². The number of aliphatic carboxylic acids is 1. The van der Waals surface area contributed by atoms with Crippen LogP contribution in [0, 0.1) is 6.92 Å². The van der Waals surface area contributed by atoms with E-state index >= 15 is 0 Å². The summed E-state index contributed by atoms with van der Waals surface area (Å²) in [5, 5.41) is 9.27. The van der Waals surface area contributed by atoms with Gasteiger partial charge in [-0.15, -0.1) is 0 Å². The molecule has 1 aromatic carbocycles. The molecule has 0 aliphatic rings. The molecule has 0 aliphatic carbocycles. The van der Waals surface area contributed by atoms with Crippen LogP contribution in [-0.2, 0) is 25.8 Å². The molecule has 0 saturated carbocycles. The van der Waals surface area contributed by atoms with Crippen molar-refractivity contribution in [1.82, 2.24) is 0 Å².